The monoisotopic (exact) mass is 306 g/mol. The Hall–Kier alpha value is -0.820. The van der Waals surface area contributed by atoms with Crippen molar-refractivity contribution in [2.75, 3.05) is 27.8 Å². The van der Waals surface area contributed by atoms with E-state index < -0.39 is 0 Å². The number of hydrogen-bond donors (Lipinski definition) is 1. The molecule has 0 aromatic heterocycles. The summed E-state index contributed by atoms with van der Waals surface area (Å²) >= 11 is 3.35. The molecule has 1 aromatic rings. The highest BCUT2D eigenvalue weighted by atomic mass is 79.9. The van der Waals surface area contributed by atoms with Gasteiger partial charge in [-0.1, -0.05) is 0 Å². The molecule has 1 rings (SSSR count). The van der Waals surface area contributed by atoms with Gasteiger partial charge in [0.05, 0.1) is 11.1 Å². The Morgan fingerprint density at radius 1 is 1.12 bits per heavy atom. The number of hydrogen-bond acceptors (Lipinski definition) is 5. The summed E-state index contributed by atoms with van der Waals surface area (Å²) in [7, 11) is 3.06. The van der Waals surface area contributed by atoms with E-state index in [9.17, 15) is 0 Å². The smallest absolute Gasteiger partial charge is 0.188 e. The van der Waals surface area contributed by atoms with Crippen molar-refractivity contribution in [3.63, 3.8) is 0 Å². The van der Waals surface area contributed by atoms with Gasteiger partial charge in [-0.25, -0.2) is 0 Å². The number of methoxy groups -OCH3 is 2. The molecule has 0 atom stereocenters. The number of rotatable bonds is 7. The summed E-state index contributed by atoms with van der Waals surface area (Å²) in [6, 6.07) is 3.44. The number of aliphatic hydroxyl groups excluding tert-OH is 1. The third-order valence-corrected chi connectivity index (χ3v) is 2.49. The SMILES string of the molecule is COCOc1cc(CO)cc(Br)c1OCOC. The van der Waals surface area contributed by atoms with E-state index in [-0.39, 0.29) is 20.2 Å². The van der Waals surface area contributed by atoms with Crippen LogP contribution in [-0.4, -0.2) is 32.9 Å². The average Bonchev–Trinajstić information content (AvgIpc) is 2.34. The van der Waals surface area contributed by atoms with Crippen molar-refractivity contribution >= 4 is 15.9 Å². The van der Waals surface area contributed by atoms with Crippen LogP contribution in [0.15, 0.2) is 16.6 Å². The van der Waals surface area contributed by atoms with Gasteiger partial charge in [0, 0.05) is 14.2 Å². The maximum Gasteiger partial charge on any atom is 0.188 e. The van der Waals surface area contributed by atoms with E-state index in [1.807, 2.05) is 0 Å². The Morgan fingerprint density at radius 3 is 2.35 bits per heavy atom. The van der Waals surface area contributed by atoms with Crippen LogP contribution in [0.1, 0.15) is 5.56 Å². The number of benzene rings is 1. The van der Waals surface area contributed by atoms with Gasteiger partial charge in [-0.3, -0.25) is 0 Å². The zero-order chi connectivity index (χ0) is 12.7. The first-order chi connectivity index (χ1) is 8.22. The number of aliphatic hydroxyl groups is 1. The van der Waals surface area contributed by atoms with Crippen molar-refractivity contribution in [3.05, 3.63) is 22.2 Å². The van der Waals surface area contributed by atoms with Crippen molar-refractivity contribution in [3.8, 4) is 11.5 Å². The molecule has 0 bridgehead atoms. The van der Waals surface area contributed by atoms with Gasteiger partial charge in [0.15, 0.2) is 25.1 Å². The van der Waals surface area contributed by atoms with Gasteiger partial charge < -0.3 is 24.1 Å². The maximum atomic E-state index is 9.11. The second kappa shape index (κ2) is 7.50. The normalized spacial score (nSPS) is 10.4. The Balaban J connectivity index is 2.96. The van der Waals surface area contributed by atoms with Gasteiger partial charge in [0.1, 0.15) is 0 Å². The quantitative estimate of drug-likeness (QED) is 0.780. The van der Waals surface area contributed by atoms with Crippen LogP contribution in [0, 0.1) is 0 Å². The third-order valence-electron chi connectivity index (χ3n) is 1.91. The molecule has 1 N–H and O–H groups in total. The lowest BCUT2D eigenvalue weighted by Gasteiger charge is -2.14. The van der Waals surface area contributed by atoms with Crippen LogP contribution in [0.2, 0.25) is 0 Å². The molecule has 6 heteroatoms. The lowest BCUT2D eigenvalue weighted by molar-refractivity contribution is 0.0317. The van der Waals surface area contributed by atoms with Crippen LogP contribution < -0.4 is 9.47 Å². The summed E-state index contributed by atoms with van der Waals surface area (Å²) in [6.45, 7) is 0.136. The fraction of sp³-hybridized carbons (Fsp3) is 0.455. The fourth-order valence-corrected chi connectivity index (χ4v) is 1.80. The number of halogens is 1. The second-order valence-electron chi connectivity index (χ2n) is 3.16. The molecule has 0 amide bonds. The molecule has 0 unspecified atom stereocenters. The summed E-state index contributed by atoms with van der Waals surface area (Å²) in [4.78, 5) is 0. The molecule has 0 saturated carbocycles. The zero-order valence-electron chi connectivity index (χ0n) is 9.73. The van der Waals surface area contributed by atoms with Crippen molar-refractivity contribution < 1.29 is 24.1 Å². The molecule has 17 heavy (non-hydrogen) atoms. The number of ether oxygens (including phenoxy) is 4. The Morgan fingerprint density at radius 2 is 1.76 bits per heavy atom. The Labute approximate surface area is 108 Å². The van der Waals surface area contributed by atoms with E-state index in [0.29, 0.717) is 21.5 Å². The summed E-state index contributed by atoms with van der Waals surface area (Å²) in [5.74, 6) is 1.00. The Bertz CT molecular complexity index is 356. The first-order valence-electron chi connectivity index (χ1n) is 4.89. The minimum absolute atomic E-state index is 0.0769. The van der Waals surface area contributed by atoms with E-state index in [4.69, 9.17) is 24.1 Å². The van der Waals surface area contributed by atoms with Gasteiger partial charge in [-0.15, -0.1) is 0 Å². The standard InChI is InChI=1S/C11H15BrO5/c1-14-6-16-10-4-8(5-13)3-9(12)11(10)17-7-15-2/h3-4,13H,5-7H2,1-2H3. The predicted molar refractivity (Wildman–Crippen MR) is 65.1 cm³/mol. The summed E-state index contributed by atoms with van der Waals surface area (Å²) in [5, 5.41) is 9.11. The zero-order valence-corrected chi connectivity index (χ0v) is 11.3. The van der Waals surface area contributed by atoms with Gasteiger partial charge in [-0.2, -0.15) is 0 Å². The minimum atomic E-state index is -0.0769. The highest BCUT2D eigenvalue weighted by molar-refractivity contribution is 9.10. The van der Waals surface area contributed by atoms with E-state index >= 15 is 0 Å². The van der Waals surface area contributed by atoms with Crippen molar-refractivity contribution in [1.82, 2.24) is 0 Å². The fourth-order valence-electron chi connectivity index (χ4n) is 1.20. The molecule has 0 fully saturated rings. The van der Waals surface area contributed by atoms with Crippen LogP contribution in [0.25, 0.3) is 0 Å². The van der Waals surface area contributed by atoms with Gasteiger partial charge in [-0.05, 0) is 33.6 Å². The van der Waals surface area contributed by atoms with E-state index in [2.05, 4.69) is 15.9 Å². The van der Waals surface area contributed by atoms with Gasteiger partial charge >= 0.3 is 0 Å². The van der Waals surface area contributed by atoms with Crippen LogP contribution in [0.5, 0.6) is 11.5 Å². The topological polar surface area (TPSA) is 57.2 Å². The lowest BCUT2D eigenvalue weighted by atomic mass is 10.2. The molecule has 0 saturated heterocycles. The third kappa shape index (κ3) is 4.16. The highest BCUT2D eigenvalue weighted by Crippen LogP contribution is 2.36. The molecule has 5 nitrogen and oxygen atoms in total. The molecule has 0 heterocycles. The first kappa shape index (κ1) is 14.2. The summed E-state index contributed by atoms with van der Waals surface area (Å²) < 4.78 is 21.1. The summed E-state index contributed by atoms with van der Waals surface area (Å²) in [5.41, 5.74) is 0.716. The van der Waals surface area contributed by atoms with Crippen molar-refractivity contribution in [2.24, 2.45) is 0 Å². The van der Waals surface area contributed by atoms with Crippen LogP contribution >= 0.6 is 15.9 Å². The molecular formula is C11H15BrO5. The maximum absolute atomic E-state index is 9.11. The molecule has 1 aromatic carbocycles. The van der Waals surface area contributed by atoms with Gasteiger partial charge in [0.25, 0.3) is 0 Å². The van der Waals surface area contributed by atoms with Crippen molar-refractivity contribution in [2.45, 2.75) is 6.61 Å². The minimum Gasteiger partial charge on any atom is -0.464 e. The van der Waals surface area contributed by atoms with Crippen LogP contribution in [-0.2, 0) is 16.1 Å². The molecule has 0 aliphatic heterocycles. The van der Waals surface area contributed by atoms with Crippen LogP contribution in [0.4, 0.5) is 0 Å². The van der Waals surface area contributed by atoms with E-state index in [1.54, 1.807) is 12.1 Å². The molecule has 96 valence electrons. The molecular weight excluding hydrogens is 292 g/mol. The van der Waals surface area contributed by atoms with Gasteiger partial charge in [0.2, 0.25) is 0 Å². The van der Waals surface area contributed by atoms with E-state index in [0.717, 1.165) is 0 Å². The van der Waals surface area contributed by atoms with E-state index in [1.165, 1.54) is 14.2 Å². The second-order valence-corrected chi connectivity index (χ2v) is 4.02. The lowest BCUT2D eigenvalue weighted by Crippen LogP contribution is -2.05. The largest absolute Gasteiger partial charge is 0.464 e. The molecule has 0 radical (unpaired) electrons. The van der Waals surface area contributed by atoms with Crippen LogP contribution in [0.3, 0.4) is 0 Å². The average molecular weight is 307 g/mol. The highest BCUT2D eigenvalue weighted by Gasteiger charge is 2.12. The van der Waals surface area contributed by atoms with Crippen molar-refractivity contribution in [1.29, 1.82) is 0 Å². The predicted octanol–water partition coefficient (Wildman–Crippen LogP) is 1.91. The molecule has 0 aliphatic carbocycles. The molecule has 0 aliphatic rings. The molecule has 0 spiro atoms. The first-order valence-corrected chi connectivity index (χ1v) is 5.69. The summed E-state index contributed by atoms with van der Waals surface area (Å²) in [6.07, 6.45) is 0. The Kier molecular flexibility index (Phi) is 6.28.